The SMILES string of the molecule is C=Cc1ccc(O)c(C(C)C)c1C(C)C. The van der Waals surface area contributed by atoms with Crippen LogP contribution in [0.3, 0.4) is 0 Å². The number of benzene rings is 1. The smallest absolute Gasteiger partial charge is 0.119 e. The molecule has 1 heteroatoms. The second kappa shape index (κ2) is 4.52. The molecule has 82 valence electrons. The van der Waals surface area contributed by atoms with Gasteiger partial charge in [0, 0.05) is 5.56 Å². The number of hydrogen-bond acceptors (Lipinski definition) is 1. The van der Waals surface area contributed by atoms with Crippen LogP contribution in [-0.2, 0) is 0 Å². The van der Waals surface area contributed by atoms with E-state index in [1.807, 2.05) is 12.1 Å². The van der Waals surface area contributed by atoms with Gasteiger partial charge in [0.15, 0.2) is 0 Å². The summed E-state index contributed by atoms with van der Waals surface area (Å²) in [6.07, 6.45) is 1.86. The Hall–Kier alpha value is -1.24. The summed E-state index contributed by atoms with van der Waals surface area (Å²) < 4.78 is 0. The van der Waals surface area contributed by atoms with E-state index in [4.69, 9.17) is 0 Å². The topological polar surface area (TPSA) is 20.2 Å². The zero-order chi connectivity index (χ0) is 11.6. The number of phenols is 1. The molecule has 1 nitrogen and oxygen atoms in total. The summed E-state index contributed by atoms with van der Waals surface area (Å²) in [5, 5.41) is 9.90. The van der Waals surface area contributed by atoms with Crippen molar-refractivity contribution in [2.45, 2.75) is 39.5 Å². The Balaban J connectivity index is 3.50. The summed E-state index contributed by atoms with van der Waals surface area (Å²) >= 11 is 0. The van der Waals surface area contributed by atoms with Gasteiger partial charge in [0.25, 0.3) is 0 Å². The third kappa shape index (κ3) is 2.23. The van der Waals surface area contributed by atoms with Gasteiger partial charge in [-0.05, 0) is 29.0 Å². The van der Waals surface area contributed by atoms with Crippen LogP contribution >= 0.6 is 0 Å². The van der Waals surface area contributed by atoms with Crippen LogP contribution in [0.2, 0.25) is 0 Å². The Morgan fingerprint density at radius 2 is 1.60 bits per heavy atom. The molecule has 0 aromatic heterocycles. The minimum atomic E-state index is 0.335. The molecule has 1 aromatic rings. The predicted octanol–water partition coefficient (Wildman–Crippen LogP) is 4.28. The maximum absolute atomic E-state index is 9.90. The van der Waals surface area contributed by atoms with Crippen molar-refractivity contribution in [2.24, 2.45) is 0 Å². The van der Waals surface area contributed by atoms with Crippen molar-refractivity contribution in [3.63, 3.8) is 0 Å². The Kier molecular flexibility index (Phi) is 3.57. The van der Waals surface area contributed by atoms with E-state index in [0.717, 1.165) is 11.1 Å². The molecule has 0 aliphatic carbocycles. The van der Waals surface area contributed by atoms with E-state index in [1.54, 1.807) is 6.07 Å². The Morgan fingerprint density at radius 3 is 2.00 bits per heavy atom. The van der Waals surface area contributed by atoms with Gasteiger partial charge in [-0.3, -0.25) is 0 Å². The highest BCUT2D eigenvalue weighted by molar-refractivity contribution is 5.59. The van der Waals surface area contributed by atoms with Crippen molar-refractivity contribution in [1.82, 2.24) is 0 Å². The quantitative estimate of drug-likeness (QED) is 0.779. The Labute approximate surface area is 92.5 Å². The van der Waals surface area contributed by atoms with Crippen LogP contribution in [0, 0.1) is 0 Å². The zero-order valence-corrected chi connectivity index (χ0v) is 10.0. The summed E-state index contributed by atoms with van der Waals surface area (Å²) in [6, 6.07) is 3.70. The van der Waals surface area contributed by atoms with E-state index in [-0.39, 0.29) is 0 Å². The minimum absolute atomic E-state index is 0.335. The third-order valence-corrected chi connectivity index (χ3v) is 2.67. The van der Waals surface area contributed by atoms with Crippen LogP contribution in [0.25, 0.3) is 6.08 Å². The first-order chi connectivity index (χ1) is 6.99. The first-order valence-electron chi connectivity index (χ1n) is 5.47. The highest BCUT2D eigenvalue weighted by Crippen LogP contribution is 2.36. The lowest BCUT2D eigenvalue weighted by atomic mass is 9.86. The van der Waals surface area contributed by atoms with Crippen LogP contribution in [0.4, 0.5) is 0 Å². The maximum atomic E-state index is 9.90. The van der Waals surface area contributed by atoms with Gasteiger partial charge in [-0.1, -0.05) is 46.4 Å². The summed E-state index contributed by atoms with van der Waals surface area (Å²) in [4.78, 5) is 0. The van der Waals surface area contributed by atoms with Crippen LogP contribution in [-0.4, -0.2) is 5.11 Å². The fourth-order valence-electron chi connectivity index (χ4n) is 2.07. The average Bonchev–Trinajstić information content (AvgIpc) is 2.16. The van der Waals surface area contributed by atoms with E-state index in [0.29, 0.717) is 17.6 Å². The van der Waals surface area contributed by atoms with Gasteiger partial charge in [0.1, 0.15) is 5.75 Å². The van der Waals surface area contributed by atoms with E-state index in [1.165, 1.54) is 5.56 Å². The van der Waals surface area contributed by atoms with E-state index in [9.17, 15) is 5.11 Å². The number of aromatic hydroxyl groups is 1. The normalized spacial score (nSPS) is 11.1. The lowest BCUT2D eigenvalue weighted by Gasteiger charge is -2.20. The highest BCUT2D eigenvalue weighted by Gasteiger charge is 2.16. The minimum Gasteiger partial charge on any atom is -0.508 e. The number of rotatable bonds is 3. The molecule has 1 rings (SSSR count). The second-order valence-corrected chi connectivity index (χ2v) is 4.51. The van der Waals surface area contributed by atoms with Crippen molar-refractivity contribution in [1.29, 1.82) is 0 Å². The fourth-order valence-corrected chi connectivity index (χ4v) is 2.07. The molecule has 0 bridgehead atoms. The zero-order valence-electron chi connectivity index (χ0n) is 10.0. The number of hydrogen-bond donors (Lipinski definition) is 1. The van der Waals surface area contributed by atoms with Crippen LogP contribution in [0.5, 0.6) is 5.75 Å². The Bertz CT molecular complexity index is 362. The third-order valence-electron chi connectivity index (χ3n) is 2.67. The molecule has 0 heterocycles. The van der Waals surface area contributed by atoms with Crippen molar-refractivity contribution < 1.29 is 5.11 Å². The lowest BCUT2D eigenvalue weighted by molar-refractivity contribution is 0.462. The molecule has 0 amide bonds. The Morgan fingerprint density at radius 1 is 1.07 bits per heavy atom. The van der Waals surface area contributed by atoms with Crippen molar-refractivity contribution in [2.75, 3.05) is 0 Å². The molecule has 0 unspecified atom stereocenters. The van der Waals surface area contributed by atoms with E-state index in [2.05, 4.69) is 34.3 Å². The van der Waals surface area contributed by atoms with Crippen LogP contribution in [0.1, 0.15) is 56.2 Å². The fraction of sp³-hybridized carbons (Fsp3) is 0.429. The lowest BCUT2D eigenvalue weighted by Crippen LogP contribution is -2.01. The van der Waals surface area contributed by atoms with Crippen LogP contribution < -0.4 is 0 Å². The summed E-state index contributed by atoms with van der Waals surface area (Å²) in [7, 11) is 0. The first kappa shape index (κ1) is 11.8. The molecule has 0 saturated carbocycles. The molecule has 0 spiro atoms. The summed E-state index contributed by atoms with van der Waals surface area (Å²) in [5.74, 6) is 1.14. The molecule has 0 aliphatic heterocycles. The van der Waals surface area contributed by atoms with Crippen LogP contribution in [0.15, 0.2) is 18.7 Å². The van der Waals surface area contributed by atoms with Gasteiger partial charge >= 0.3 is 0 Å². The molecule has 0 radical (unpaired) electrons. The second-order valence-electron chi connectivity index (χ2n) is 4.51. The molecular formula is C14H20O. The molecule has 0 aliphatic rings. The molecule has 0 saturated heterocycles. The number of phenolic OH excluding ortho intramolecular Hbond substituents is 1. The van der Waals surface area contributed by atoms with Gasteiger partial charge in [-0.2, -0.15) is 0 Å². The van der Waals surface area contributed by atoms with E-state index < -0.39 is 0 Å². The first-order valence-corrected chi connectivity index (χ1v) is 5.47. The van der Waals surface area contributed by atoms with E-state index >= 15 is 0 Å². The van der Waals surface area contributed by atoms with Gasteiger partial charge < -0.3 is 5.11 Å². The van der Waals surface area contributed by atoms with Crippen molar-refractivity contribution >= 4 is 6.08 Å². The molecule has 1 N–H and O–H groups in total. The monoisotopic (exact) mass is 204 g/mol. The van der Waals surface area contributed by atoms with Crippen molar-refractivity contribution in [3.05, 3.63) is 35.4 Å². The maximum Gasteiger partial charge on any atom is 0.119 e. The molecule has 1 aromatic carbocycles. The van der Waals surface area contributed by atoms with Crippen molar-refractivity contribution in [3.8, 4) is 5.75 Å². The molecule has 15 heavy (non-hydrogen) atoms. The predicted molar refractivity (Wildman–Crippen MR) is 66.4 cm³/mol. The van der Waals surface area contributed by atoms with Gasteiger partial charge in [-0.25, -0.2) is 0 Å². The van der Waals surface area contributed by atoms with Gasteiger partial charge in [-0.15, -0.1) is 0 Å². The largest absolute Gasteiger partial charge is 0.508 e. The van der Waals surface area contributed by atoms with Gasteiger partial charge in [0.05, 0.1) is 0 Å². The molecular weight excluding hydrogens is 184 g/mol. The summed E-state index contributed by atoms with van der Waals surface area (Å²) in [6.45, 7) is 12.3. The molecule has 0 atom stereocenters. The summed E-state index contributed by atoms with van der Waals surface area (Å²) in [5.41, 5.74) is 3.41. The molecule has 0 fully saturated rings. The highest BCUT2D eigenvalue weighted by atomic mass is 16.3. The standard InChI is InChI=1S/C14H20O/c1-6-11-7-8-12(15)14(10(4)5)13(11)9(2)3/h6-10,15H,1H2,2-5H3. The van der Waals surface area contributed by atoms with Gasteiger partial charge in [0.2, 0.25) is 0 Å². The average molecular weight is 204 g/mol.